The van der Waals surface area contributed by atoms with Crippen LogP contribution in [0.4, 0.5) is 0 Å². The second kappa shape index (κ2) is 23.7. The summed E-state index contributed by atoms with van der Waals surface area (Å²) in [6.45, 7) is 14.0. The van der Waals surface area contributed by atoms with Crippen LogP contribution in [0.15, 0.2) is 11.6 Å². The van der Waals surface area contributed by atoms with E-state index in [9.17, 15) is 4.79 Å². The van der Waals surface area contributed by atoms with Crippen LogP contribution in [-0.2, 0) is 4.79 Å². The third kappa shape index (κ3) is 18.7. The van der Waals surface area contributed by atoms with Gasteiger partial charge in [-0.25, -0.2) is 0 Å². The molecule has 0 aliphatic rings. The Labute approximate surface area is 139 Å². The normalized spacial score (nSPS) is 8.07. The van der Waals surface area contributed by atoms with Crippen LogP contribution in [0.25, 0.3) is 5.32 Å². The standard InChI is InChI=1S/C7H13NO.2C2H6.Rb/c1-4-6(3)7(9)8-5-2;2*1-2;/h4H,5H2,1-3H3,(H,8,9);2*1-2H3;/q;;;+1/p-1/b6-4-;;;. The predicted molar refractivity (Wildman–Crippen MR) is 61.0 cm³/mol. The molecule has 0 aromatic heterocycles. The first-order valence-electron chi connectivity index (χ1n) is 5.07. The van der Waals surface area contributed by atoms with E-state index in [0.29, 0.717) is 6.54 Å². The van der Waals surface area contributed by atoms with Crippen molar-refractivity contribution < 1.29 is 63.0 Å². The van der Waals surface area contributed by atoms with Gasteiger partial charge in [0.1, 0.15) is 0 Å². The average molecular weight is 272 g/mol. The summed E-state index contributed by atoms with van der Waals surface area (Å²) in [4.78, 5) is 10.7. The molecule has 0 radical (unpaired) electrons. The molecule has 0 fully saturated rings. The van der Waals surface area contributed by atoms with Gasteiger partial charge >= 0.3 is 58.2 Å². The van der Waals surface area contributed by atoms with Gasteiger partial charge in [-0.1, -0.05) is 40.7 Å². The molecule has 2 nitrogen and oxygen atoms in total. The largest absolute Gasteiger partial charge is 1.00 e. The van der Waals surface area contributed by atoms with Gasteiger partial charge in [0.15, 0.2) is 0 Å². The number of hydrogen-bond donors (Lipinski definition) is 0. The molecule has 0 saturated heterocycles. The summed E-state index contributed by atoms with van der Waals surface area (Å²) in [5, 5.41) is 3.69. The third-order valence-electron chi connectivity index (χ3n) is 1.07. The minimum Gasteiger partial charge on any atom is -0.650 e. The molecule has 0 N–H and O–H groups in total. The first kappa shape index (κ1) is 24.3. The Balaban J connectivity index is -0.0000000883. The molecule has 0 atom stereocenters. The summed E-state index contributed by atoms with van der Waals surface area (Å²) < 4.78 is 0. The number of carbonyl (C=O) groups is 1. The molecule has 0 unspecified atom stereocenters. The smallest absolute Gasteiger partial charge is 0.650 e. The van der Waals surface area contributed by atoms with Crippen LogP contribution in [0.5, 0.6) is 0 Å². The van der Waals surface area contributed by atoms with Gasteiger partial charge in [-0.3, -0.25) is 0 Å². The molecule has 14 heavy (non-hydrogen) atoms. The fraction of sp³-hybridized carbons (Fsp3) is 0.727. The number of hydrogen-bond acceptors (Lipinski definition) is 1. The maximum absolute atomic E-state index is 10.7. The number of likely N-dealkylation sites (N-methyl/N-ethyl adjacent to an activating group) is 1. The summed E-state index contributed by atoms with van der Waals surface area (Å²) in [7, 11) is 0. The van der Waals surface area contributed by atoms with Crippen molar-refractivity contribution in [3.8, 4) is 0 Å². The van der Waals surface area contributed by atoms with E-state index in [-0.39, 0.29) is 64.1 Å². The molecular formula is C11H24NORb. The Morgan fingerprint density at radius 3 is 1.79 bits per heavy atom. The van der Waals surface area contributed by atoms with Crippen LogP contribution in [0.1, 0.15) is 48.5 Å². The zero-order valence-corrected chi connectivity index (χ0v) is 16.1. The Bertz CT molecular complexity index is 133. The Morgan fingerprint density at radius 2 is 1.57 bits per heavy atom. The summed E-state index contributed by atoms with van der Waals surface area (Å²) in [5.41, 5.74) is 0.719. The Hall–Kier alpha value is 1.02. The van der Waals surface area contributed by atoms with Crippen molar-refractivity contribution >= 4 is 5.91 Å². The van der Waals surface area contributed by atoms with E-state index in [1.54, 1.807) is 13.0 Å². The van der Waals surface area contributed by atoms with Crippen LogP contribution < -0.4 is 58.2 Å². The first-order chi connectivity index (χ1) is 6.22. The summed E-state index contributed by atoms with van der Waals surface area (Å²) in [6, 6.07) is 0. The molecule has 0 bridgehead atoms. The molecule has 0 saturated carbocycles. The minimum atomic E-state index is -0.0972. The van der Waals surface area contributed by atoms with E-state index < -0.39 is 0 Å². The van der Waals surface area contributed by atoms with Crippen molar-refractivity contribution in [1.29, 1.82) is 0 Å². The molecule has 0 aromatic carbocycles. The topological polar surface area (TPSA) is 31.2 Å². The van der Waals surface area contributed by atoms with Crippen molar-refractivity contribution in [3.63, 3.8) is 0 Å². The number of amides is 1. The monoisotopic (exact) mass is 271 g/mol. The van der Waals surface area contributed by atoms with Gasteiger partial charge in [0.2, 0.25) is 0 Å². The summed E-state index contributed by atoms with van der Waals surface area (Å²) >= 11 is 0. The molecule has 0 aliphatic carbocycles. The van der Waals surface area contributed by atoms with Gasteiger partial charge in [0, 0.05) is 0 Å². The quantitative estimate of drug-likeness (QED) is 0.688. The molecule has 0 heterocycles. The van der Waals surface area contributed by atoms with E-state index in [1.165, 1.54) is 0 Å². The van der Waals surface area contributed by atoms with E-state index in [0.717, 1.165) is 5.57 Å². The molecule has 80 valence electrons. The SMILES string of the molecule is C/C=C(/C)C(=O)[N-]CC.CC.CC.[Rb+]. The Morgan fingerprint density at radius 1 is 1.21 bits per heavy atom. The number of rotatable bonds is 2. The molecule has 0 aromatic rings. The van der Waals surface area contributed by atoms with Crippen molar-refractivity contribution in [2.24, 2.45) is 0 Å². The van der Waals surface area contributed by atoms with Crippen molar-refractivity contribution in [3.05, 3.63) is 17.0 Å². The van der Waals surface area contributed by atoms with Crippen molar-refractivity contribution in [1.82, 2.24) is 0 Å². The molecule has 0 rings (SSSR count). The second-order valence-corrected chi connectivity index (χ2v) is 1.75. The van der Waals surface area contributed by atoms with E-state index >= 15 is 0 Å². The van der Waals surface area contributed by atoms with Gasteiger partial charge in [-0.05, 0) is 19.4 Å². The number of carbonyl (C=O) groups excluding carboxylic acids is 1. The van der Waals surface area contributed by atoms with Gasteiger partial charge in [0.05, 0.1) is 5.91 Å². The van der Waals surface area contributed by atoms with E-state index in [4.69, 9.17) is 0 Å². The second-order valence-electron chi connectivity index (χ2n) is 1.75. The molecule has 0 spiro atoms. The van der Waals surface area contributed by atoms with Crippen LogP contribution in [0, 0.1) is 0 Å². The Kier molecular flexibility index (Phi) is 41.1. The van der Waals surface area contributed by atoms with E-state index in [1.807, 2.05) is 41.5 Å². The zero-order valence-electron chi connectivity index (χ0n) is 11.1. The van der Waals surface area contributed by atoms with Gasteiger partial charge in [-0.15, -0.1) is 6.54 Å². The van der Waals surface area contributed by atoms with Gasteiger partial charge < -0.3 is 10.1 Å². The van der Waals surface area contributed by atoms with Gasteiger partial charge in [0.25, 0.3) is 0 Å². The fourth-order valence-electron chi connectivity index (χ4n) is 0.392. The summed E-state index contributed by atoms with van der Waals surface area (Å²) in [5.74, 6) is -0.0972. The molecule has 3 heteroatoms. The van der Waals surface area contributed by atoms with E-state index in [2.05, 4.69) is 5.32 Å². The number of allylic oxidation sites excluding steroid dienone is 1. The minimum absolute atomic E-state index is 0. The zero-order chi connectivity index (χ0) is 11.3. The third-order valence-corrected chi connectivity index (χ3v) is 1.07. The molecular weight excluding hydrogens is 248 g/mol. The number of nitrogens with zero attached hydrogens (tertiary/aromatic N) is 1. The van der Waals surface area contributed by atoms with Gasteiger partial charge in [-0.2, -0.15) is 0 Å². The average Bonchev–Trinajstić information content (AvgIpc) is 2.23. The van der Waals surface area contributed by atoms with Crippen LogP contribution in [0.3, 0.4) is 0 Å². The molecule has 0 aliphatic heterocycles. The summed E-state index contributed by atoms with van der Waals surface area (Å²) in [6.07, 6.45) is 1.77. The first-order valence-corrected chi connectivity index (χ1v) is 5.07. The fourth-order valence-corrected chi connectivity index (χ4v) is 0.392. The predicted octanol–water partition coefficient (Wildman–Crippen LogP) is 0.929. The maximum atomic E-state index is 10.7. The maximum Gasteiger partial charge on any atom is 1.00 e. The van der Waals surface area contributed by atoms with Crippen molar-refractivity contribution in [2.45, 2.75) is 48.5 Å². The van der Waals surface area contributed by atoms with Crippen molar-refractivity contribution in [2.75, 3.05) is 6.54 Å². The van der Waals surface area contributed by atoms with Crippen LogP contribution in [-0.4, -0.2) is 12.5 Å². The van der Waals surface area contributed by atoms with Crippen LogP contribution >= 0.6 is 0 Å². The molecule has 1 amide bonds. The van der Waals surface area contributed by atoms with Crippen LogP contribution in [0.2, 0.25) is 0 Å².